The smallest absolute Gasteiger partial charge is 0.236 e. The Bertz CT molecular complexity index is 935. The second-order valence-corrected chi connectivity index (χ2v) is 9.60. The molecule has 1 N–H and O–H groups in total. The average molecular weight is 422 g/mol. The summed E-state index contributed by atoms with van der Waals surface area (Å²) in [6.45, 7) is 6.43. The van der Waals surface area contributed by atoms with Crippen molar-refractivity contribution in [3.8, 4) is 0 Å². The monoisotopic (exact) mass is 421 g/mol. The number of rotatable bonds is 5. The molecular formula is C25H35N5O. The lowest BCUT2D eigenvalue weighted by molar-refractivity contribution is -0.134. The van der Waals surface area contributed by atoms with Gasteiger partial charge in [-0.1, -0.05) is 25.1 Å². The highest BCUT2D eigenvalue weighted by Gasteiger charge is 2.30. The molecule has 0 radical (unpaired) electrons. The van der Waals surface area contributed by atoms with E-state index in [4.69, 9.17) is 5.41 Å². The van der Waals surface area contributed by atoms with E-state index in [-0.39, 0.29) is 5.91 Å². The van der Waals surface area contributed by atoms with Crippen LogP contribution < -0.4 is 0 Å². The zero-order valence-electron chi connectivity index (χ0n) is 19.1. The molecule has 31 heavy (non-hydrogen) atoms. The van der Waals surface area contributed by atoms with Crippen molar-refractivity contribution in [2.45, 2.75) is 38.1 Å². The predicted molar refractivity (Wildman–Crippen MR) is 126 cm³/mol. The fourth-order valence-corrected chi connectivity index (χ4v) is 5.43. The Hall–Kier alpha value is -2.31. The lowest BCUT2D eigenvalue weighted by atomic mass is 9.83. The van der Waals surface area contributed by atoms with Crippen molar-refractivity contribution in [3.63, 3.8) is 0 Å². The molecule has 166 valence electrons. The van der Waals surface area contributed by atoms with Crippen LogP contribution in [0.2, 0.25) is 0 Å². The molecule has 0 bridgehead atoms. The molecule has 0 saturated carbocycles. The van der Waals surface area contributed by atoms with Crippen LogP contribution >= 0.6 is 0 Å². The summed E-state index contributed by atoms with van der Waals surface area (Å²) in [5.74, 6) is 1.19. The summed E-state index contributed by atoms with van der Waals surface area (Å²) in [7, 11) is 4.26. The highest BCUT2D eigenvalue weighted by Crippen LogP contribution is 2.34. The van der Waals surface area contributed by atoms with Crippen molar-refractivity contribution in [2.75, 3.05) is 46.8 Å². The van der Waals surface area contributed by atoms with E-state index in [0.717, 1.165) is 61.9 Å². The van der Waals surface area contributed by atoms with Gasteiger partial charge in [-0.2, -0.15) is 0 Å². The highest BCUT2D eigenvalue weighted by atomic mass is 16.2. The number of likely N-dealkylation sites (tertiary alicyclic amines) is 2. The SMILES string of the molecule is C[C@@H]1C[C@H](c2ccc(C=N)c3ncccc23)CN(CC(=O)N2CCC(N(C)C)CC2)C1. The minimum absolute atomic E-state index is 0.274. The number of hydrogen-bond donors (Lipinski definition) is 1. The summed E-state index contributed by atoms with van der Waals surface area (Å²) in [5, 5.41) is 8.84. The Morgan fingerprint density at radius 2 is 2.00 bits per heavy atom. The van der Waals surface area contributed by atoms with Gasteiger partial charge in [-0.05, 0) is 56.8 Å². The molecular weight excluding hydrogens is 386 g/mol. The lowest BCUT2D eigenvalue weighted by Gasteiger charge is -2.39. The van der Waals surface area contributed by atoms with Gasteiger partial charge >= 0.3 is 0 Å². The number of piperidine rings is 2. The number of nitrogens with zero attached hydrogens (tertiary/aromatic N) is 4. The Labute approximate surface area is 185 Å². The molecule has 2 aromatic rings. The van der Waals surface area contributed by atoms with E-state index >= 15 is 0 Å². The summed E-state index contributed by atoms with van der Waals surface area (Å²) in [6.07, 6.45) is 6.43. The summed E-state index contributed by atoms with van der Waals surface area (Å²) < 4.78 is 0. The summed E-state index contributed by atoms with van der Waals surface area (Å²) in [6, 6.07) is 8.87. The van der Waals surface area contributed by atoms with Crippen molar-refractivity contribution in [2.24, 2.45) is 5.92 Å². The molecule has 0 unspecified atom stereocenters. The van der Waals surface area contributed by atoms with Crippen LogP contribution in [0.15, 0.2) is 30.5 Å². The summed E-state index contributed by atoms with van der Waals surface area (Å²) in [5.41, 5.74) is 3.06. The fraction of sp³-hybridized carbons (Fsp3) is 0.560. The summed E-state index contributed by atoms with van der Waals surface area (Å²) >= 11 is 0. The largest absolute Gasteiger partial charge is 0.341 e. The Balaban J connectivity index is 1.46. The van der Waals surface area contributed by atoms with E-state index in [1.54, 1.807) is 6.20 Å². The third kappa shape index (κ3) is 4.80. The Morgan fingerprint density at radius 3 is 2.71 bits per heavy atom. The van der Waals surface area contributed by atoms with Crippen LogP contribution in [0.3, 0.4) is 0 Å². The number of aromatic nitrogens is 1. The van der Waals surface area contributed by atoms with E-state index in [0.29, 0.717) is 24.4 Å². The first-order valence-electron chi connectivity index (χ1n) is 11.5. The van der Waals surface area contributed by atoms with E-state index in [1.165, 1.54) is 11.8 Å². The molecule has 2 saturated heterocycles. The molecule has 2 aliphatic rings. The maximum Gasteiger partial charge on any atom is 0.236 e. The lowest BCUT2D eigenvalue weighted by Crippen LogP contribution is -2.49. The second kappa shape index (κ2) is 9.45. The molecule has 2 aliphatic heterocycles. The average Bonchev–Trinajstić information content (AvgIpc) is 2.78. The predicted octanol–water partition coefficient (Wildman–Crippen LogP) is 3.21. The quantitative estimate of drug-likeness (QED) is 0.753. The normalized spacial score (nSPS) is 23.4. The molecule has 4 rings (SSSR count). The molecule has 3 heterocycles. The van der Waals surface area contributed by atoms with Gasteiger partial charge in [-0.25, -0.2) is 0 Å². The van der Waals surface area contributed by atoms with Crippen LogP contribution in [0.1, 0.15) is 43.2 Å². The van der Waals surface area contributed by atoms with Gasteiger partial charge in [-0.15, -0.1) is 0 Å². The van der Waals surface area contributed by atoms with Gasteiger partial charge in [0.25, 0.3) is 0 Å². The number of carbonyl (C=O) groups is 1. The van der Waals surface area contributed by atoms with Crippen molar-refractivity contribution in [3.05, 3.63) is 41.6 Å². The van der Waals surface area contributed by atoms with Gasteiger partial charge in [-0.3, -0.25) is 14.7 Å². The number of hydrogen-bond acceptors (Lipinski definition) is 5. The van der Waals surface area contributed by atoms with Crippen molar-refractivity contribution < 1.29 is 4.79 Å². The number of pyridine rings is 1. The Morgan fingerprint density at radius 1 is 1.23 bits per heavy atom. The molecule has 1 aromatic carbocycles. The van der Waals surface area contributed by atoms with E-state index in [9.17, 15) is 4.79 Å². The molecule has 0 spiro atoms. The number of fused-ring (bicyclic) bond motifs is 1. The number of benzene rings is 1. The third-order valence-corrected chi connectivity index (χ3v) is 7.07. The molecule has 0 aliphatic carbocycles. The fourth-order valence-electron chi connectivity index (χ4n) is 5.43. The molecule has 6 heteroatoms. The van der Waals surface area contributed by atoms with Gasteiger partial charge in [0.1, 0.15) is 0 Å². The number of amides is 1. The first-order valence-corrected chi connectivity index (χ1v) is 11.5. The third-order valence-electron chi connectivity index (χ3n) is 7.07. The van der Waals surface area contributed by atoms with Gasteiger partial charge < -0.3 is 15.2 Å². The van der Waals surface area contributed by atoms with Crippen LogP contribution in [-0.2, 0) is 4.79 Å². The minimum Gasteiger partial charge on any atom is -0.341 e. The molecule has 1 amide bonds. The van der Waals surface area contributed by atoms with E-state index in [2.05, 4.69) is 52.8 Å². The Kier molecular flexibility index (Phi) is 6.68. The van der Waals surface area contributed by atoms with Crippen LogP contribution in [0.4, 0.5) is 0 Å². The van der Waals surface area contributed by atoms with Crippen LogP contribution in [0.25, 0.3) is 10.9 Å². The zero-order chi connectivity index (χ0) is 22.0. The minimum atomic E-state index is 0.274. The van der Waals surface area contributed by atoms with Gasteiger partial charge in [0.15, 0.2) is 0 Å². The maximum atomic E-state index is 13.0. The first kappa shape index (κ1) is 21.9. The standard InChI is InChI=1S/C25H35N5O/c1-18-13-20(22-7-6-19(14-26)25-23(22)5-4-10-27-25)16-29(15-18)17-24(31)30-11-8-21(9-12-30)28(2)3/h4-7,10,14,18,20-21,26H,8-9,11-13,15-17H2,1-3H3/t18-,20+/m1/s1. The van der Waals surface area contributed by atoms with Crippen LogP contribution in [-0.4, -0.2) is 84.7 Å². The number of carbonyl (C=O) groups excluding carboxylic acids is 1. The van der Waals surface area contributed by atoms with Gasteiger partial charge in [0, 0.05) is 55.6 Å². The van der Waals surface area contributed by atoms with Gasteiger partial charge in [0.05, 0.1) is 12.1 Å². The highest BCUT2D eigenvalue weighted by molar-refractivity contribution is 5.98. The second-order valence-electron chi connectivity index (χ2n) is 9.60. The molecule has 1 aromatic heterocycles. The van der Waals surface area contributed by atoms with Crippen molar-refractivity contribution >= 4 is 23.0 Å². The van der Waals surface area contributed by atoms with Crippen LogP contribution in [0.5, 0.6) is 0 Å². The van der Waals surface area contributed by atoms with Crippen molar-refractivity contribution in [1.29, 1.82) is 5.41 Å². The molecule has 6 nitrogen and oxygen atoms in total. The summed E-state index contributed by atoms with van der Waals surface area (Å²) in [4.78, 5) is 24.3. The topological polar surface area (TPSA) is 63.5 Å². The molecule has 2 atom stereocenters. The van der Waals surface area contributed by atoms with Crippen LogP contribution in [0, 0.1) is 11.3 Å². The van der Waals surface area contributed by atoms with E-state index < -0.39 is 0 Å². The zero-order valence-corrected chi connectivity index (χ0v) is 19.1. The first-order chi connectivity index (χ1) is 15.0. The van der Waals surface area contributed by atoms with Crippen molar-refractivity contribution in [1.82, 2.24) is 19.7 Å². The maximum absolute atomic E-state index is 13.0. The number of nitrogens with one attached hydrogen (secondary N) is 1. The molecule has 2 fully saturated rings. The van der Waals surface area contributed by atoms with E-state index in [1.807, 2.05) is 12.1 Å². The van der Waals surface area contributed by atoms with Gasteiger partial charge in [0.2, 0.25) is 5.91 Å².